The average Bonchev–Trinajstić information content (AvgIpc) is 2.56. The summed E-state index contributed by atoms with van der Waals surface area (Å²) in [5.41, 5.74) is 0.602. The molecule has 7 heteroatoms. The van der Waals surface area contributed by atoms with Gasteiger partial charge in [-0.2, -0.15) is 0 Å². The summed E-state index contributed by atoms with van der Waals surface area (Å²) >= 11 is 3.35. The number of benzene rings is 2. The summed E-state index contributed by atoms with van der Waals surface area (Å²) in [5, 5.41) is 0. The molecule has 0 spiro atoms. The average molecular weight is 400 g/mol. The number of sulfonamides is 1. The maximum atomic E-state index is 12.9. The molecule has 2 aromatic rings. The highest BCUT2D eigenvalue weighted by atomic mass is 79.9. The SMILES string of the molecule is CCN(c1ccc(Br)cc1)S(=O)(=O)c1ccc(OC)c(OC)c1. The lowest BCUT2D eigenvalue weighted by molar-refractivity contribution is 0.354. The third-order valence-corrected chi connectivity index (χ3v) is 5.77. The molecular formula is C16H18BrNO4S. The van der Waals surface area contributed by atoms with Gasteiger partial charge in [-0.25, -0.2) is 8.42 Å². The predicted molar refractivity (Wildman–Crippen MR) is 93.9 cm³/mol. The number of nitrogens with zero attached hydrogens (tertiary/aromatic N) is 1. The zero-order valence-electron chi connectivity index (χ0n) is 13.1. The highest BCUT2D eigenvalue weighted by Crippen LogP contribution is 2.32. The van der Waals surface area contributed by atoms with Crippen LogP contribution in [-0.4, -0.2) is 29.2 Å². The lowest BCUT2D eigenvalue weighted by Gasteiger charge is -2.23. The molecule has 0 fully saturated rings. The molecule has 0 saturated heterocycles. The zero-order valence-corrected chi connectivity index (χ0v) is 15.5. The van der Waals surface area contributed by atoms with Crippen molar-refractivity contribution < 1.29 is 17.9 Å². The van der Waals surface area contributed by atoms with Crippen molar-refractivity contribution in [3.05, 3.63) is 46.9 Å². The molecule has 23 heavy (non-hydrogen) atoms. The van der Waals surface area contributed by atoms with Crippen LogP contribution < -0.4 is 13.8 Å². The van der Waals surface area contributed by atoms with Crippen molar-refractivity contribution in [2.75, 3.05) is 25.1 Å². The summed E-state index contributed by atoms with van der Waals surface area (Å²) in [6, 6.07) is 11.7. The number of methoxy groups -OCH3 is 2. The molecule has 0 aromatic heterocycles. The molecule has 2 rings (SSSR count). The van der Waals surface area contributed by atoms with E-state index in [4.69, 9.17) is 9.47 Å². The van der Waals surface area contributed by atoms with Crippen LogP contribution in [-0.2, 0) is 10.0 Å². The molecule has 0 aliphatic rings. The van der Waals surface area contributed by atoms with Crippen LogP contribution in [0, 0.1) is 0 Å². The maximum absolute atomic E-state index is 12.9. The quantitative estimate of drug-likeness (QED) is 0.743. The molecule has 0 atom stereocenters. The molecule has 0 saturated carbocycles. The monoisotopic (exact) mass is 399 g/mol. The molecule has 0 heterocycles. The van der Waals surface area contributed by atoms with Gasteiger partial charge in [0.2, 0.25) is 0 Å². The number of halogens is 1. The Hall–Kier alpha value is -1.73. The Kier molecular flexibility index (Phi) is 5.54. The third kappa shape index (κ3) is 3.61. The first-order valence-corrected chi connectivity index (χ1v) is 9.17. The van der Waals surface area contributed by atoms with Crippen molar-refractivity contribution in [3.8, 4) is 11.5 Å². The lowest BCUT2D eigenvalue weighted by atomic mass is 10.3. The summed E-state index contributed by atoms with van der Waals surface area (Å²) in [4.78, 5) is 0.153. The van der Waals surface area contributed by atoms with Crippen LogP contribution >= 0.6 is 15.9 Å². The second-order valence-corrected chi connectivity index (χ2v) is 7.44. The van der Waals surface area contributed by atoms with E-state index >= 15 is 0 Å². The van der Waals surface area contributed by atoms with E-state index in [1.54, 1.807) is 25.1 Å². The van der Waals surface area contributed by atoms with E-state index in [0.29, 0.717) is 23.7 Å². The van der Waals surface area contributed by atoms with E-state index in [2.05, 4.69) is 15.9 Å². The summed E-state index contributed by atoms with van der Waals surface area (Å²) in [7, 11) is -0.713. The van der Waals surface area contributed by atoms with Gasteiger partial charge in [0, 0.05) is 17.1 Å². The zero-order chi connectivity index (χ0) is 17.0. The van der Waals surface area contributed by atoms with Crippen LogP contribution in [0.1, 0.15) is 6.92 Å². The predicted octanol–water partition coefficient (Wildman–Crippen LogP) is 3.68. The minimum atomic E-state index is -3.69. The van der Waals surface area contributed by atoms with E-state index in [-0.39, 0.29) is 4.90 Å². The summed E-state index contributed by atoms with van der Waals surface area (Å²) in [5.74, 6) is 0.860. The molecule has 0 radical (unpaired) electrons. The fourth-order valence-corrected chi connectivity index (χ4v) is 3.96. The molecule has 0 bridgehead atoms. The van der Waals surface area contributed by atoms with Gasteiger partial charge < -0.3 is 9.47 Å². The number of hydrogen-bond acceptors (Lipinski definition) is 4. The van der Waals surface area contributed by atoms with Gasteiger partial charge in [-0.15, -0.1) is 0 Å². The number of anilines is 1. The van der Waals surface area contributed by atoms with Crippen molar-refractivity contribution in [2.45, 2.75) is 11.8 Å². The van der Waals surface area contributed by atoms with Gasteiger partial charge in [-0.05, 0) is 43.3 Å². The third-order valence-electron chi connectivity index (χ3n) is 3.34. The fourth-order valence-electron chi connectivity index (χ4n) is 2.20. The molecule has 0 unspecified atom stereocenters. The van der Waals surface area contributed by atoms with Crippen LogP contribution in [0.5, 0.6) is 11.5 Å². The van der Waals surface area contributed by atoms with Crippen molar-refractivity contribution in [1.82, 2.24) is 0 Å². The van der Waals surface area contributed by atoms with E-state index < -0.39 is 10.0 Å². The summed E-state index contributed by atoms with van der Waals surface area (Å²) in [6.07, 6.45) is 0. The van der Waals surface area contributed by atoms with Gasteiger partial charge in [-0.1, -0.05) is 15.9 Å². The van der Waals surface area contributed by atoms with Crippen molar-refractivity contribution in [1.29, 1.82) is 0 Å². The second-order valence-electron chi connectivity index (χ2n) is 4.66. The van der Waals surface area contributed by atoms with Crippen LogP contribution in [0.15, 0.2) is 51.8 Å². The van der Waals surface area contributed by atoms with Gasteiger partial charge >= 0.3 is 0 Å². The Balaban J connectivity index is 2.48. The molecule has 0 N–H and O–H groups in total. The number of rotatable bonds is 6. The molecule has 0 aliphatic carbocycles. The molecule has 0 aliphatic heterocycles. The first-order valence-electron chi connectivity index (χ1n) is 6.94. The van der Waals surface area contributed by atoms with Crippen LogP contribution in [0.3, 0.4) is 0 Å². The van der Waals surface area contributed by atoms with Crippen LogP contribution in [0.25, 0.3) is 0 Å². The number of ether oxygens (including phenoxy) is 2. The van der Waals surface area contributed by atoms with Crippen molar-refractivity contribution >= 4 is 31.6 Å². The van der Waals surface area contributed by atoms with Gasteiger partial charge in [0.25, 0.3) is 10.0 Å². The molecule has 0 amide bonds. The second kappa shape index (κ2) is 7.23. The molecule has 124 valence electrons. The smallest absolute Gasteiger partial charge is 0.264 e. The first kappa shape index (κ1) is 17.6. The summed E-state index contributed by atoms with van der Waals surface area (Å²) in [6.45, 7) is 2.11. The molecule has 2 aromatic carbocycles. The topological polar surface area (TPSA) is 55.8 Å². The Labute approximate surface area is 145 Å². The Bertz CT molecular complexity index is 775. The Morgan fingerprint density at radius 2 is 1.61 bits per heavy atom. The van der Waals surface area contributed by atoms with E-state index in [1.807, 2.05) is 12.1 Å². The van der Waals surface area contributed by atoms with E-state index in [1.165, 1.54) is 30.7 Å². The highest BCUT2D eigenvalue weighted by molar-refractivity contribution is 9.10. The van der Waals surface area contributed by atoms with Gasteiger partial charge in [-0.3, -0.25) is 4.31 Å². The van der Waals surface area contributed by atoms with Crippen molar-refractivity contribution in [2.24, 2.45) is 0 Å². The normalized spacial score (nSPS) is 11.1. The van der Waals surface area contributed by atoms with E-state index in [0.717, 1.165) is 4.47 Å². The standard InChI is InChI=1S/C16H18BrNO4S/c1-4-18(13-7-5-12(17)6-8-13)23(19,20)14-9-10-15(21-2)16(11-14)22-3/h5-11H,4H2,1-3H3. The highest BCUT2D eigenvalue weighted by Gasteiger charge is 2.25. The number of hydrogen-bond donors (Lipinski definition) is 0. The maximum Gasteiger partial charge on any atom is 0.264 e. The first-order chi connectivity index (χ1) is 10.9. The van der Waals surface area contributed by atoms with Crippen LogP contribution in [0.4, 0.5) is 5.69 Å². The molecular weight excluding hydrogens is 382 g/mol. The minimum absolute atomic E-state index is 0.153. The van der Waals surface area contributed by atoms with Gasteiger partial charge in [0.15, 0.2) is 11.5 Å². The van der Waals surface area contributed by atoms with Crippen LogP contribution in [0.2, 0.25) is 0 Å². The minimum Gasteiger partial charge on any atom is -0.493 e. The Morgan fingerprint density at radius 3 is 2.13 bits per heavy atom. The lowest BCUT2D eigenvalue weighted by Crippen LogP contribution is -2.30. The largest absolute Gasteiger partial charge is 0.493 e. The van der Waals surface area contributed by atoms with Gasteiger partial charge in [0.05, 0.1) is 24.8 Å². The van der Waals surface area contributed by atoms with E-state index in [9.17, 15) is 8.42 Å². The van der Waals surface area contributed by atoms with Crippen molar-refractivity contribution in [3.63, 3.8) is 0 Å². The summed E-state index contributed by atoms with van der Waals surface area (Å²) < 4.78 is 38.4. The molecule has 5 nitrogen and oxygen atoms in total. The fraction of sp³-hybridized carbons (Fsp3) is 0.250. The van der Waals surface area contributed by atoms with Gasteiger partial charge in [0.1, 0.15) is 0 Å². The Morgan fingerprint density at radius 1 is 1.00 bits per heavy atom.